The van der Waals surface area contributed by atoms with Crippen molar-refractivity contribution in [3.63, 3.8) is 0 Å². The van der Waals surface area contributed by atoms with Gasteiger partial charge in [0.2, 0.25) is 11.9 Å². The number of thiophene rings is 1. The molecule has 39 heavy (non-hydrogen) atoms. The summed E-state index contributed by atoms with van der Waals surface area (Å²) in [5.74, 6) is 0.757. The molecular weight excluding hydrogens is 512 g/mol. The highest BCUT2D eigenvalue weighted by Crippen LogP contribution is 2.30. The first-order valence-electron chi connectivity index (χ1n) is 13.1. The second-order valence-electron chi connectivity index (χ2n) is 11.0. The molecule has 1 saturated heterocycles. The van der Waals surface area contributed by atoms with Gasteiger partial charge in [0.05, 0.1) is 33.0 Å². The van der Waals surface area contributed by atoms with Crippen molar-refractivity contribution in [2.75, 3.05) is 18.4 Å². The maximum atomic E-state index is 13.3. The molecule has 9 nitrogen and oxygen atoms in total. The van der Waals surface area contributed by atoms with Gasteiger partial charge in [-0.3, -0.25) is 14.9 Å². The minimum absolute atomic E-state index is 0.00326. The van der Waals surface area contributed by atoms with E-state index in [9.17, 15) is 9.59 Å². The topological polar surface area (TPSA) is 105 Å². The van der Waals surface area contributed by atoms with Gasteiger partial charge in [0.1, 0.15) is 0 Å². The number of nitrogens with one attached hydrogen (secondary N) is 2. The summed E-state index contributed by atoms with van der Waals surface area (Å²) in [4.78, 5) is 37.8. The standard InChI is InChI=1S/C29H34N6O3S/c1-5-26(36)34-12-6-7-20(34)16-35-22-9-8-19(14-30-17-29(2,3)4)13-21(22)32-28(35)33-27(37)25-11-10-24(39-25)23-15-31-18-38-23/h5,8-11,13,15,18,20,30H,1,6-7,12,14,16-17H2,2-4H3,(H,32,33,37)/t20-/m1/s1. The lowest BCUT2D eigenvalue weighted by Gasteiger charge is -2.24. The molecule has 204 valence electrons. The Labute approximate surface area is 231 Å². The lowest BCUT2D eigenvalue weighted by Crippen LogP contribution is -2.37. The number of aromatic nitrogens is 3. The number of amides is 2. The van der Waals surface area contributed by atoms with Crippen LogP contribution in [0.2, 0.25) is 0 Å². The molecule has 1 aromatic carbocycles. The van der Waals surface area contributed by atoms with Crippen LogP contribution in [0.15, 0.2) is 60.0 Å². The molecule has 0 saturated carbocycles. The first-order valence-corrected chi connectivity index (χ1v) is 14.0. The van der Waals surface area contributed by atoms with Crippen molar-refractivity contribution in [2.45, 2.75) is 52.7 Å². The number of benzene rings is 1. The number of hydrogen-bond acceptors (Lipinski definition) is 7. The molecule has 1 atom stereocenters. The zero-order valence-corrected chi connectivity index (χ0v) is 23.4. The summed E-state index contributed by atoms with van der Waals surface area (Å²) in [6.45, 7) is 13.1. The number of hydrogen-bond donors (Lipinski definition) is 2. The van der Waals surface area contributed by atoms with Crippen LogP contribution < -0.4 is 10.6 Å². The molecule has 1 fully saturated rings. The van der Waals surface area contributed by atoms with Gasteiger partial charge >= 0.3 is 0 Å². The number of rotatable bonds is 9. The summed E-state index contributed by atoms with van der Waals surface area (Å²) in [6.07, 6.45) is 6.17. The molecule has 0 bridgehead atoms. The van der Waals surface area contributed by atoms with Crippen molar-refractivity contribution in [3.8, 4) is 10.6 Å². The van der Waals surface area contributed by atoms with Crippen LogP contribution in [-0.4, -0.2) is 50.4 Å². The van der Waals surface area contributed by atoms with Gasteiger partial charge in [0.15, 0.2) is 12.2 Å². The Balaban J connectivity index is 1.43. The lowest BCUT2D eigenvalue weighted by molar-refractivity contribution is -0.126. The molecule has 2 N–H and O–H groups in total. The summed E-state index contributed by atoms with van der Waals surface area (Å²) in [6, 6.07) is 9.81. The van der Waals surface area contributed by atoms with Gasteiger partial charge in [-0.05, 0) is 54.2 Å². The number of carbonyl (C=O) groups excluding carboxylic acids is 2. The van der Waals surface area contributed by atoms with Crippen LogP contribution in [0, 0.1) is 5.41 Å². The van der Waals surface area contributed by atoms with E-state index < -0.39 is 0 Å². The smallest absolute Gasteiger partial charge is 0.268 e. The third kappa shape index (κ3) is 6.12. The number of fused-ring (bicyclic) bond motifs is 1. The van der Waals surface area contributed by atoms with Crippen molar-refractivity contribution in [2.24, 2.45) is 5.41 Å². The largest absolute Gasteiger partial charge is 0.443 e. The van der Waals surface area contributed by atoms with E-state index in [-0.39, 0.29) is 23.3 Å². The van der Waals surface area contributed by atoms with E-state index in [1.165, 1.54) is 23.8 Å². The Morgan fingerprint density at radius 2 is 2.10 bits per heavy atom. The minimum atomic E-state index is -0.250. The Kier molecular flexibility index (Phi) is 7.67. The molecule has 4 heterocycles. The molecule has 2 amide bonds. The minimum Gasteiger partial charge on any atom is -0.443 e. The van der Waals surface area contributed by atoms with Crippen LogP contribution in [0.25, 0.3) is 21.7 Å². The van der Waals surface area contributed by atoms with Crippen LogP contribution in [0.4, 0.5) is 5.95 Å². The lowest BCUT2D eigenvalue weighted by atomic mass is 9.97. The van der Waals surface area contributed by atoms with Crippen molar-refractivity contribution in [1.29, 1.82) is 0 Å². The average molecular weight is 547 g/mol. The molecule has 0 aliphatic carbocycles. The Morgan fingerprint density at radius 3 is 2.85 bits per heavy atom. The third-order valence-corrected chi connectivity index (χ3v) is 7.85. The summed E-state index contributed by atoms with van der Waals surface area (Å²) in [7, 11) is 0. The summed E-state index contributed by atoms with van der Waals surface area (Å²) in [5.41, 5.74) is 3.02. The average Bonchev–Trinajstić information content (AvgIpc) is 3.70. The van der Waals surface area contributed by atoms with Crippen LogP contribution in [0.3, 0.4) is 0 Å². The summed E-state index contributed by atoms with van der Waals surface area (Å²) < 4.78 is 7.39. The van der Waals surface area contributed by atoms with E-state index in [0.29, 0.717) is 29.7 Å². The van der Waals surface area contributed by atoms with Crippen molar-refractivity contribution in [3.05, 3.63) is 66.0 Å². The fourth-order valence-electron chi connectivity index (χ4n) is 4.88. The van der Waals surface area contributed by atoms with E-state index in [1.807, 2.05) is 21.6 Å². The SMILES string of the molecule is C=CC(=O)N1CCC[C@@H]1Cn1c(NC(=O)c2ccc(-c3cnco3)s2)nc2cc(CNCC(C)(C)C)ccc21. The Bertz CT molecular complexity index is 1480. The fourth-order valence-corrected chi connectivity index (χ4v) is 5.74. The highest BCUT2D eigenvalue weighted by Gasteiger charge is 2.29. The number of anilines is 1. The predicted molar refractivity (Wildman–Crippen MR) is 154 cm³/mol. The number of carbonyl (C=O) groups is 2. The quantitative estimate of drug-likeness (QED) is 0.276. The van der Waals surface area contributed by atoms with Gasteiger partial charge in [-0.2, -0.15) is 0 Å². The van der Waals surface area contributed by atoms with Crippen LogP contribution in [0.5, 0.6) is 0 Å². The highest BCUT2D eigenvalue weighted by molar-refractivity contribution is 7.17. The van der Waals surface area contributed by atoms with Gasteiger partial charge in [-0.25, -0.2) is 9.97 Å². The van der Waals surface area contributed by atoms with E-state index in [1.54, 1.807) is 12.3 Å². The second-order valence-corrected chi connectivity index (χ2v) is 12.1. The number of imidazole rings is 1. The molecular formula is C29H34N6O3S. The predicted octanol–water partition coefficient (Wildman–Crippen LogP) is 5.32. The van der Waals surface area contributed by atoms with Gasteiger partial charge in [0, 0.05) is 26.2 Å². The molecule has 10 heteroatoms. The number of nitrogens with zero attached hydrogens (tertiary/aromatic N) is 4. The van der Waals surface area contributed by atoms with Gasteiger partial charge in [0.25, 0.3) is 5.91 Å². The normalized spacial score (nSPS) is 15.7. The van der Waals surface area contributed by atoms with Crippen molar-refractivity contribution < 1.29 is 14.0 Å². The number of likely N-dealkylation sites (tertiary alicyclic amines) is 1. The number of oxazole rings is 1. The second kappa shape index (κ2) is 11.2. The van der Waals surface area contributed by atoms with Crippen LogP contribution in [-0.2, 0) is 17.9 Å². The van der Waals surface area contributed by atoms with Gasteiger partial charge in [-0.1, -0.05) is 33.4 Å². The molecule has 0 radical (unpaired) electrons. The van der Waals surface area contributed by atoms with E-state index in [4.69, 9.17) is 9.40 Å². The first-order chi connectivity index (χ1) is 18.7. The molecule has 0 spiro atoms. The molecule has 1 aliphatic heterocycles. The van der Waals surface area contributed by atoms with E-state index in [2.05, 4.69) is 55.1 Å². The summed E-state index contributed by atoms with van der Waals surface area (Å²) >= 11 is 1.33. The fraction of sp³-hybridized carbons (Fsp3) is 0.379. The van der Waals surface area contributed by atoms with Gasteiger partial charge < -0.3 is 19.2 Å². The monoisotopic (exact) mass is 546 g/mol. The molecule has 4 aromatic rings. The molecule has 0 unspecified atom stereocenters. The Morgan fingerprint density at radius 1 is 1.26 bits per heavy atom. The highest BCUT2D eigenvalue weighted by atomic mass is 32.1. The van der Waals surface area contributed by atoms with Crippen LogP contribution in [0.1, 0.15) is 48.8 Å². The van der Waals surface area contributed by atoms with Crippen molar-refractivity contribution in [1.82, 2.24) is 24.8 Å². The maximum absolute atomic E-state index is 13.3. The third-order valence-electron chi connectivity index (χ3n) is 6.76. The van der Waals surface area contributed by atoms with Crippen LogP contribution >= 0.6 is 11.3 Å². The van der Waals surface area contributed by atoms with E-state index in [0.717, 1.165) is 47.4 Å². The molecule has 5 rings (SSSR count). The molecule has 3 aromatic heterocycles. The first kappa shape index (κ1) is 26.8. The zero-order valence-electron chi connectivity index (χ0n) is 22.6. The maximum Gasteiger partial charge on any atom is 0.268 e. The summed E-state index contributed by atoms with van der Waals surface area (Å²) in [5, 5.41) is 6.54. The van der Waals surface area contributed by atoms with Crippen molar-refractivity contribution >= 4 is 40.1 Å². The Hall–Kier alpha value is -3.76. The zero-order chi connectivity index (χ0) is 27.6. The van der Waals surface area contributed by atoms with Gasteiger partial charge in [-0.15, -0.1) is 11.3 Å². The van der Waals surface area contributed by atoms with E-state index >= 15 is 0 Å². The molecule has 1 aliphatic rings.